The Bertz CT molecular complexity index is 565. The number of carboxylic acids is 1. The van der Waals surface area contributed by atoms with Gasteiger partial charge >= 0.3 is 5.97 Å². The van der Waals surface area contributed by atoms with Gasteiger partial charge in [-0.2, -0.15) is 0 Å². The van der Waals surface area contributed by atoms with E-state index in [0.717, 1.165) is 4.90 Å². The number of aliphatic carboxylic acids is 1. The molecule has 1 heterocycles. The third-order valence-electron chi connectivity index (χ3n) is 3.27. The summed E-state index contributed by atoms with van der Waals surface area (Å²) in [5.41, 5.74) is 0.300. The molecular formula is C13H13Cl2NO3S. The Labute approximate surface area is 131 Å². The van der Waals surface area contributed by atoms with Crippen LogP contribution < -0.4 is 0 Å². The maximum atomic E-state index is 12.5. The highest BCUT2D eigenvalue weighted by Gasteiger charge is 2.35. The minimum atomic E-state index is -0.981. The van der Waals surface area contributed by atoms with Crippen LogP contribution in [0.25, 0.3) is 0 Å². The van der Waals surface area contributed by atoms with Crippen LogP contribution in [0.3, 0.4) is 0 Å². The van der Waals surface area contributed by atoms with E-state index in [-0.39, 0.29) is 10.9 Å². The molecule has 1 aromatic carbocycles. The van der Waals surface area contributed by atoms with Crippen molar-refractivity contribution >= 4 is 46.8 Å². The zero-order valence-electron chi connectivity index (χ0n) is 10.7. The average Bonchev–Trinajstić information content (AvgIpc) is 2.87. The molecule has 2 rings (SSSR count). The van der Waals surface area contributed by atoms with Crippen molar-refractivity contribution in [2.75, 3.05) is 12.8 Å². The van der Waals surface area contributed by atoms with E-state index in [0.29, 0.717) is 30.0 Å². The van der Waals surface area contributed by atoms with Crippen LogP contribution in [0, 0.1) is 0 Å². The highest BCUT2D eigenvalue weighted by Crippen LogP contribution is 2.33. The predicted molar refractivity (Wildman–Crippen MR) is 79.9 cm³/mol. The molecule has 108 valence electrons. The van der Waals surface area contributed by atoms with E-state index in [1.807, 2.05) is 6.26 Å². The number of carbonyl (C=O) groups excluding carboxylic acids is 1. The second-order valence-corrected chi connectivity index (χ2v) is 6.12. The van der Waals surface area contributed by atoms with Crippen molar-refractivity contribution in [3.8, 4) is 0 Å². The second kappa shape index (κ2) is 6.24. The van der Waals surface area contributed by atoms with Gasteiger partial charge in [0.15, 0.2) is 0 Å². The Kier molecular flexibility index (Phi) is 4.83. The zero-order chi connectivity index (χ0) is 14.9. The van der Waals surface area contributed by atoms with Crippen molar-refractivity contribution in [2.45, 2.75) is 23.8 Å². The minimum absolute atomic E-state index is 0.244. The summed E-state index contributed by atoms with van der Waals surface area (Å²) in [6, 6.07) is 2.37. The summed E-state index contributed by atoms with van der Waals surface area (Å²) in [5.74, 6) is -1.34. The van der Waals surface area contributed by atoms with Crippen LogP contribution in [0.15, 0.2) is 17.0 Å². The van der Waals surface area contributed by atoms with Gasteiger partial charge in [0.1, 0.15) is 6.04 Å². The lowest BCUT2D eigenvalue weighted by atomic mass is 10.1. The molecule has 1 aliphatic heterocycles. The van der Waals surface area contributed by atoms with Gasteiger partial charge in [0.05, 0.1) is 15.6 Å². The first-order chi connectivity index (χ1) is 9.45. The van der Waals surface area contributed by atoms with E-state index in [1.54, 1.807) is 6.07 Å². The fourth-order valence-corrected chi connectivity index (χ4v) is 3.46. The van der Waals surface area contributed by atoms with Gasteiger partial charge in [0.25, 0.3) is 5.91 Å². The van der Waals surface area contributed by atoms with Gasteiger partial charge in [-0.15, -0.1) is 11.8 Å². The number of carboxylic acid groups (broad SMARTS) is 1. The van der Waals surface area contributed by atoms with Gasteiger partial charge in [-0.25, -0.2) is 4.79 Å². The van der Waals surface area contributed by atoms with Crippen LogP contribution in [0.2, 0.25) is 10.0 Å². The quantitative estimate of drug-likeness (QED) is 0.861. The largest absolute Gasteiger partial charge is 0.480 e. The Hall–Kier alpha value is -0.910. The number of thioether (sulfide) groups is 1. The Morgan fingerprint density at radius 3 is 2.65 bits per heavy atom. The van der Waals surface area contributed by atoms with Gasteiger partial charge < -0.3 is 10.0 Å². The zero-order valence-corrected chi connectivity index (χ0v) is 13.1. The van der Waals surface area contributed by atoms with Crippen LogP contribution in [0.4, 0.5) is 0 Å². The van der Waals surface area contributed by atoms with Crippen molar-refractivity contribution in [1.29, 1.82) is 0 Å². The third-order valence-corrected chi connectivity index (χ3v) is 4.79. The maximum Gasteiger partial charge on any atom is 0.326 e. The second-order valence-electron chi connectivity index (χ2n) is 4.46. The monoisotopic (exact) mass is 333 g/mol. The molecule has 1 aliphatic rings. The van der Waals surface area contributed by atoms with Crippen LogP contribution in [0.1, 0.15) is 23.2 Å². The molecule has 0 unspecified atom stereocenters. The number of benzene rings is 1. The van der Waals surface area contributed by atoms with E-state index >= 15 is 0 Å². The first kappa shape index (κ1) is 15.5. The lowest BCUT2D eigenvalue weighted by Crippen LogP contribution is -2.40. The number of carbonyl (C=O) groups is 2. The summed E-state index contributed by atoms with van der Waals surface area (Å²) in [6.07, 6.45) is 3.00. The summed E-state index contributed by atoms with van der Waals surface area (Å²) < 4.78 is 0. The molecule has 1 fully saturated rings. The van der Waals surface area contributed by atoms with Crippen molar-refractivity contribution in [2.24, 2.45) is 0 Å². The summed E-state index contributed by atoms with van der Waals surface area (Å²) >= 11 is 13.5. The van der Waals surface area contributed by atoms with Gasteiger partial charge in [-0.05, 0) is 31.2 Å². The molecule has 4 nitrogen and oxygen atoms in total. The Morgan fingerprint density at radius 1 is 1.35 bits per heavy atom. The molecule has 0 aromatic heterocycles. The van der Waals surface area contributed by atoms with Crippen LogP contribution in [0.5, 0.6) is 0 Å². The first-order valence-electron chi connectivity index (χ1n) is 6.02. The molecule has 0 bridgehead atoms. The summed E-state index contributed by atoms with van der Waals surface area (Å²) in [7, 11) is 0. The van der Waals surface area contributed by atoms with Crippen LogP contribution in [-0.4, -0.2) is 40.7 Å². The first-order valence-corrected chi connectivity index (χ1v) is 8.00. The smallest absolute Gasteiger partial charge is 0.326 e. The van der Waals surface area contributed by atoms with E-state index < -0.39 is 12.0 Å². The topological polar surface area (TPSA) is 57.6 Å². The van der Waals surface area contributed by atoms with E-state index in [2.05, 4.69) is 0 Å². The summed E-state index contributed by atoms with van der Waals surface area (Å²) in [6.45, 7) is 0.434. The highest BCUT2D eigenvalue weighted by molar-refractivity contribution is 7.98. The fraction of sp³-hybridized carbons (Fsp3) is 0.385. The third kappa shape index (κ3) is 2.90. The number of hydrogen-bond acceptors (Lipinski definition) is 3. The molecule has 1 aromatic rings. The van der Waals surface area contributed by atoms with Gasteiger partial charge in [0, 0.05) is 11.4 Å². The minimum Gasteiger partial charge on any atom is -0.480 e. The van der Waals surface area contributed by atoms with Crippen molar-refractivity contribution in [3.05, 3.63) is 27.7 Å². The fourth-order valence-electron chi connectivity index (χ4n) is 2.27. The lowest BCUT2D eigenvalue weighted by Gasteiger charge is -2.22. The molecule has 20 heavy (non-hydrogen) atoms. The molecule has 0 saturated carbocycles. The SMILES string of the molecule is CSc1cc(C(=O)N2CCC[C@@H]2C(=O)O)c(Cl)cc1Cl. The van der Waals surface area contributed by atoms with E-state index in [4.69, 9.17) is 28.3 Å². The van der Waals surface area contributed by atoms with Crippen molar-refractivity contribution in [1.82, 2.24) is 4.90 Å². The van der Waals surface area contributed by atoms with Crippen LogP contribution >= 0.6 is 35.0 Å². The van der Waals surface area contributed by atoms with E-state index in [1.165, 1.54) is 22.7 Å². The molecule has 1 saturated heterocycles. The Morgan fingerprint density at radius 2 is 2.05 bits per heavy atom. The Balaban J connectivity index is 2.36. The standard InChI is InChI=1S/C13H13Cl2NO3S/c1-20-11-5-7(8(14)6-9(11)15)12(17)16-4-2-3-10(16)13(18)19/h5-6,10H,2-4H2,1H3,(H,18,19)/t10-/m1/s1. The number of nitrogens with zero attached hydrogens (tertiary/aromatic N) is 1. The normalized spacial score (nSPS) is 18.4. The average molecular weight is 334 g/mol. The van der Waals surface area contributed by atoms with Crippen molar-refractivity contribution < 1.29 is 14.7 Å². The number of halogens is 2. The molecule has 0 radical (unpaired) electrons. The van der Waals surface area contributed by atoms with Gasteiger partial charge in [-0.3, -0.25) is 4.79 Å². The molecular weight excluding hydrogens is 321 g/mol. The molecule has 1 atom stereocenters. The molecule has 0 spiro atoms. The van der Waals surface area contributed by atoms with Gasteiger partial charge in [0.2, 0.25) is 0 Å². The highest BCUT2D eigenvalue weighted by atomic mass is 35.5. The molecule has 1 N–H and O–H groups in total. The van der Waals surface area contributed by atoms with Gasteiger partial charge in [-0.1, -0.05) is 23.2 Å². The molecule has 7 heteroatoms. The summed E-state index contributed by atoms with van der Waals surface area (Å²) in [5, 5.41) is 9.87. The van der Waals surface area contributed by atoms with Crippen LogP contribution in [-0.2, 0) is 4.79 Å². The van der Waals surface area contributed by atoms with E-state index in [9.17, 15) is 9.59 Å². The molecule has 1 amide bonds. The number of amides is 1. The van der Waals surface area contributed by atoms with Crippen molar-refractivity contribution in [3.63, 3.8) is 0 Å². The number of likely N-dealkylation sites (tertiary alicyclic amines) is 1. The summed E-state index contributed by atoms with van der Waals surface area (Å²) in [4.78, 5) is 25.7. The molecule has 0 aliphatic carbocycles. The maximum absolute atomic E-state index is 12.5. The number of rotatable bonds is 3. The number of hydrogen-bond donors (Lipinski definition) is 1. The predicted octanol–water partition coefficient (Wildman–Crippen LogP) is 3.40. The lowest BCUT2D eigenvalue weighted by molar-refractivity contribution is -0.141.